The van der Waals surface area contributed by atoms with Gasteiger partial charge in [0.05, 0.1) is 5.56 Å². The zero-order valence-corrected chi connectivity index (χ0v) is 27.3. The highest BCUT2D eigenvalue weighted by molar-refractivity contribution is 6.74. The molecule has 0 bridgehead atoms. The minimum Gasteiger partial charge on any atom is -0.417 e. The van der Waals surface area contributed by atoms with Gasteiger partial charge in [-0.05, 0) is 85.2 Å². The Hall–Kier alpha value is -1.68. The summed E-state index contributed by atoms with van der Waals surface area (Å²) in [6, 6.07) is 11.9. The molecule has 0 unspecified atom stereocenters. The van der Waals surface area contributed by atoms with E-state index >= 15 is 0 Å². The molecule has 0 N–H and O–H groups in total. The smallest absolute Gasteiger partial charge is 0.191 e. The van der Waals surface area contributed by atoms with Gasteiger partial charge in [-0.25, -0.2) is 8.78 Å². The van der Waals surface area contributed by atoms with Gasteiger partial charge in [0, 0.05) is 13.2 Å². The lowest BCUT2D eigenvalue weighted by atomic mass is 10.1. The first kappa shape index (κ1) is 34.4. The van der Waals surface area contributed by atoms with Crippen molar-refractivity contribution in [3.8, 4) is 0 Å². The maximum Gasteiger partial charge on any atom is 0.191 e. The van der Waals surface area contributed by atoms with Crippen molar-refractivity contribution in [3.63, 3.8) is 0 Å². The molecule has 38 heavy (non-hydrogen) atoms. The van der Waals surface area contributed by atoms with Crippen molar-refractivity contribution in [3.05, 3.63) is 70.8 Å². The molecule has 214 valence electrons. The quantitative estimate of drug-likeness (QED) is 0.155. The average Bonchev–Trinajstić information content (AvgIpc) is 2.80. The van der Waals surface area contributed by atoms with Crippen molar-refractivity contribution in [1.29, 1.82) is 0 Å². The number of hydrogen-bond donors (Lipinski definition) is 0. The average molecular weight is 565 g/mol. The van der Waals surface area contributed by atoms with E-state index in [1.807, 2.05) is 12.1 Å². The maximum atomic E-state index is 13.9. The highest BCUT2D eigenvalue weighted by Gasteiger charge is 2.37. The molecule has 0 heterocycles. The zero-order chi connectivity index (χ0) is 29.2. The predicted octanol–water partition coefficient (Wildman–Crippen LogP) is 9.37. The molecule has 2 rings (SSSR count). The normalized spacial score (nSPS) is 12.6. The van der Waals surface area contributed by atoms with Gasteiger partial charge < -0.3 is 8.85 Å². The number of hydrogen-bond acceptors (Lipinski definition) is 3. The molecule has 0 amide bonds. The van der Waals surface area contributed by atoms with Gasteiger partial charge in [0.25, 0.3) is 0 Å². The fourth-order valence-electron chi connectivity index (χ4n) is 3.20. The third kappa shape index (κ3) is 10.8. The van der Waals surface area contributed by atoms with Gasteiger partial charge in [-0.3, -0.25) is 4.79 Å². The zero-order valence-electron chi connectivity index (χ0n) is 25.3. The molecule has 0 saturated heterocycles. The van der Waals surface area contributed by atoms with E-state index in [2.05, 4.69) is 67.7 Å². The molecule has 0 fully saturated rings. The van der Waals surface area contributed by atoms with E-state index in [0.29, 0.717) is 24.9 Å². The van der Waals surface area contributed by atoms with Crippen molar-refractivity contribution in [1.82, 2.24) is 0 Å². The van der Waals surface area contributed by atoms with Gasteiger partial charge >= 0.3 is 0 Å². The van der Waals surface area contributed by atoms with Crippen LogP contribution < -0.4 is 0 Å². The Morgan fingerprint density at radius 2 is 1.16 bits per heavy atom. The Balaban J connectivity index is 0.000000382. The van der Waals surface area contributed by atoms with Crippen LogP contribution in [0.3, 0.4) is 0 Å². The fraction of sp³-hybridized carbons (Fsp3) is 0.581. The van der Waals surface area contributed by atoms with Crippen LogP contribution in [0.1, 0.15) is 75.9 Å². The van der Waals surface area contributed by atoms with Crippen LogP contribution in [0.15, 0.2) is 42.5 Å². The van der Waals surface area contributed by atoms with Crippen LogP contribution >= 0.6 is 0 Å². The lowest BCUT2D eigenvalue weighted by molar-refractivity contribution is 0.111. The number of aldehydes is 1. The monoisotopic (exact) mass is 564 g/mol. The van der Waals surface area contributed by atoms with Crippen LogP contribution in [0.2, 0.25) is 36.3 Å². The molecule has 0 radical (unpaired) electrons. The van der Waals surface area contributed by atoms with Gasteiger partial charge in [-0.1, -0.05) is 71.9 Å². The molecule has 0 spiro atoms. The molecular weight excluding hydrogens is 515 g/mol. The highest BCUT2D eigenvalue weighted by atomic mass is 28.4. The summed E-state index contributed by atoms with van der Waals surface area (Å²) >= 11 is 0. The Bertz CT molecular complexity index is 1010. The molecule has 2 aromatic carbocycles. The first-order valence-corrected chi connectivity index (χ1v) is 19.5. The summed E-state index contributed by atoms with van der Waals surface area (Å²) in [5, 5.41) is 0.431. The lowest BCUT2D eigenvalue weighted by Crippen LogP contribution is -2.41. The van der Waals surface area contributed by atoms with Crippen molar-refractivity contribution >= 4 is 22.9 Å². The van der Waals surface area contributed by atoms with Gasteiger partial charge in [-0.2, -0.15) is 0 Å². The van der Waals surface area contributed by atoms with E-state index in [-0.39, 0.29) is 21.5 Å². The molecule has 2 aromatic rings. The van der Waals surface area contributed by atoms with Crippen LogP contribution in [-0.2, 0) is 21.7 Å². The number of aryl methyl sites for hydroxylation is 2. The molecule has 0 saturated carbocycles. The van der Waals surface area contributed by atoms with Gasteiger partial charge in [0.2, 0.25) is 0 Å². The van der Waals surface area contributed by atoms with Crippen molar-refractivity contribution in [2.75, 3.05) is 13.2 Å². The first-order chi connectivity index (χ1) is 17.4. The molecule has 0 atom stereocenters. The summed E-state index contributed by atoms with van der Waals surface area (Å²) in [5.74, 6) is -0.500. The number of rotatable bonds is 11. The molecule has 0 aromatic heterocycles. The van der Waals surface area contributed by atoms with E-state index in [1.165, 1.54) is 12.1 Å². The number of benzene rings is 2. The minimum absolute atomic E-state index is 0.107. The van der Waals surface area contributed by atoms with E-state index < -0.39 is 22.5 Å². The van der Waals surface area contributed by atoms with E-state index in [9.17, 15) is 13.6 Å². The molecular formula is C31H50F2O3Si2. The summed E-state index contributed by atoms with van der Waals surface area (Å²) in [6.45, 7) is 23.6. The number of carbonyl (C=O) groups is 1. The van der Waals surface area contributed by atoms with Crippen LogP contribution in [-0.4, -0.2) is 36.1 Å². The fourth-order valence-corrected chi connectivity index (χ4v) is 5.37. The maximum absolute atomic E-state index is 13.9. The number of halogens is 2. The van der Waals surface area contributed by atoms with Crippen LogP contribution in [0.5, 0.6) is 0 Å². The third-order valence-electron chi connectivity index (χ3n) is 7.91. The molecule has 0 aliphatic rings. The summed E-state index contributed by atoms with van der Waals surface area (Å²) in [6.07, 6.45) is 3.56. The highest BCUT2D eigenvalue weighted by Crippen LogP contribution is 2.37. The summed E-state index contributed by atoms with van der Waals surface area (Å²) in [4.78, 5) is 10.7. The first-order valence-electron chi connectivity index (χ1n) is 13.7. The summed E-state index contributed by atoms with van der Waals surface area (Å²) < 4.78 is 39.4. The minimum atomic E-state index is -1.72. The van der Waals surface area contributed by atoms with E-state index in [1.54, 1.807) is 18.2 Å². The summed E-state index contributed by atoms with van der Waals surface area (Å²) in [5.41, 5.74) is 1.51. The van der Waals surface area contributed by atoms with Crippen molar-refractivity contribution in [2.45, 2.75) is 103 Å². The second kappa shape index (κ2) is 14.6. The molecule has 0 aliphatic carbocycles. The van der Waals surface area contributed by atoms with E-state index in [4.69, 9.17) is 8.85 Å². The second-order valence-corrected chi connectivity index (χ2v) is 22.6. The van der Waals surface area contributed by atoms with Crippen LogP contribution in [0, 0.1) is 11.6 Å². The Morgan fingerprint density at radius 3 is 1.61 bits per heavy atom. The van der Waals surface area contributed by atoms with Crippen LogP contribution in [0.4, 0.5) is 8.78 Å². The SMILES string of the molecule is CC(C)(C)[Si](C)(C)OCCCc1cccc(C=O)c1F.CC(C)(C)[Si](C)(C)OCCCc1ccccc1F. The Labute approximate surface area is 232 Å². The Morgan fingerprint density at radius 1 is 0.711 bits per heavy atom. The van der Waals surface area contributed by atoms with Gasteiger partial charge in [-0.15, -0.1) is 0 Å². The van der Waals surface area contributed by atoms with Crippen molar-refractivity contribution in [2.24, 2.45) is 0 Å². The molecule has 3 nitrogen and oxygen atoms in total. The summed E-state index contributed by atoms with van der Waals surface area (Å²) in [7, 11) is -3.37. The number of carbonyl (C=O) groups excluding carboxylic acids is 1. The van der Waals surface area contributed by atoms with Crippen LogP contribution in [0.25, 0.3) is 0 Å². The Kier molecular flexibility index (Phi) is 13.2. The third-order valence-corrected chi connectivity index (χ3v) is 17.0. The largest absolute Gasteiger partial charge is 0.417 e. The van der Waals surface area contributed by atoms with Gasteiger partial charge in [0.15, 0.2) is 22.9 Å². The predicted molar refractivity (Wildman–Crippen MR) is 161 cm³/mol. The van der Waals surface area contributed by atoms with Gasteiger partial charge in [0.1, 0.15) is 11.6 Å². The topological polar surface area (TPSA) is 35.5 Å². The van der Waals surface area contributed by atoms with Crippen molar-refractivity contribution < 1.29 is 22.4 Å². The molecule has 7 heteroatoms. The second-order valence-electron chi connectivity index (χ2n) is 13.0. The molecule has 0 aliphatic heterocycles. The lowest BCUT2D eigenvalue weighted by Gasteiger charge is -2.36. The van der Waals surface area contributed by atoms with E-state index in [0.717, 1.165) is 31.4 Å². The standard InChI is InChI=1S/C16H25FO2Si.C15H25FOSi/c1-16(2,3)20(4,5)19-11-7-10-13-8-6-9-14(12-18)15(13)17;1-15(2,3)18(4,5)17-12-8-10-13-9-6-7-11-14(13)16/h6,8-9,12H,7,10-11H2,1-5H3;6-7,9,11H,8,10,12H2,1-5H3.